The monoisotopic (exact) mass is 369 g/mol. The number of sulfonamides is 1. The maximum absolute atomic E-state index is 12.5. The topological polar surface area (TPSA) is 85.1 Å². The molecule has 0 amide bonds. The molecule has 3 aromatic rings. The van der Waals surface area contributed by atoms with Gasteiger partial charge in [-0.1, -0.05) is 11.6 Å². The number of thiophene rings is 1. The third-order valence-corrected chi connectivity index (χ3v) is 6.18. The first kappa shape index (κ1) is 16.0. The second kappa shape index (κ2) is 5.95. The molecule has 9 heteroatoms. The van der Waals surface area contributed by atoms with Crippen LogP contribution in [0.5, 0.6) is 0 Å². The molecule has 0 spiro atoms. The van der Waals surface area contributed by atoms with Gasteiger partial charge in [0.15, 0.2) is 0 Å². The molecule has 2 heterocycles. The minimum atomic E-state index is -3.69. The molecule has 6 nitrogen and oxygen atoms in total. The van der Waals surface area contributed by atoms with Crippen LogP contribution in [0, 0.1) is 13.8 Å². The number of hydrogen-bond donors (Lipinski definition) is 1. The molecule has 23 heavy (non-hydrogen) atoms. The largest absolute Gasteiger partial charge is 0.420 e. The number of anilines is 1. The summed E-state index contributed by atoms with van der Waals surface area (Å²) < 4.78 is 33.0. The molecule has 0 bridgehead atoms. The minimum absolute atomic E-state index is 0.165. The average Bonchev–Trinajstić information content (AvgIpc) is 3.10. The predicted octanol–water partition coefficient (Wildman–Crippen LogP) is 3.87. The maximum atomic E-state index is 12.5. The molecule has 0 aliphatic heterocycles. The zero-order valence-electron chi connectivity index (χ0n) is 12.2. The highest BCUT2D eigenvalue weighted by atomic mass is 35.5. The molecular weight excluding hydrogens is 358 g/mol. The molecule has 0 aliphatic carbocycles. The number of rotatable bonds is 4. The molecule has 0 atom stereocenters. The molecule has 3 rings (SSSR count). The first-order valence-electron chi connectivity index (χ1n) is 6.54. The fourth-order valence-electron chi connectivity index (χ4n) is 1.91. The predicted molar refractivity (Wildman–Crippen MR) is 89.3 cm³/mol. The maximum Gasteiger partial charge on any atom is 0.271 e. The van der Waals surface area contributed by atoms with E-state index < -0.39 is 10.0 Å². The van der Waals surface area contributed by atoms with Gasteiger partial charge in [-0.15, -0.1) is 21.5 Å². The molecular formula is C14H12ClN3O3S2. The van der Waals surface area contributed by atoms with Crippen molar-refractivity contribution < 1.29 is 12.8 Å². The lowest BCUT2D eigenvalue weighted by molar-refractivity contribution is 0.534. The molecule has 0 aliphatic rings. The highest BCUT2D eigenvalue weighted by Gasteiger charge is 2.20. The van der Waals surface area contributed by atoms with Gasteiger partial charge in [-0.3, -0.25) is 4.72 Å². The van der Waals surface area contributed by atoms with E-state index in [9.17, 15) is 8.42 Å². The zero-order chi connectivity index (χ0) is 16.6. The average molecular weight is 370 g/mol. The van der Waals surface area contributed by atoms with Crippen molar-refractivity contribution in [1.82, 2.24) is 10.2 Å². The molecule has 0 fully saturated rings. The van der Waals surface area contributed by atoms with Crippen LogP contribution in [0.2, 0.25) is 5.02 Å². The van der Waals surface area contributed by atoms with Crippen LogP contribution in [0.15, 0.2) is 39.0 Å². The van der Waals surface area contributed by atoms with Crippen molar-refractivity contribution in [2.24, 2.45) is 0 Å². The Hall–Kier alpha value is -1.90. The number of aromatic nitrogens is 2. The second-order valence-corrected chi connectivity index (χ2v) is 8.24. The van der Waals surface area contributed by atoms with Crippen LogP contribution in [-0.2, 0) is 10.0 Å². The Bertz CT molecular complexity index is 963. The van der Waals surface area contributed by atoms with Crippen LogP contribution >= 0.6 is 22.9 Å². The van der Waals surface area contributed by atoms with E-state index in [1.807, 2.05) is 0 Å². The minimum Gasteiger partial charge on any atom is -0.420 e. The van der Waals surface area contributed by atoms with Crippen molar-refractivity contribution in [1.29, 1.82) is 0 Å². The van der Waals surface area contributed by atoms with Crippen LogP contribution in [0.1, 0.15) is 11.5 Å². The van der Waals surface area contributed by atoms with Gasteiger partial charge in [0.1, 0.15) is 4.21 Å². The van der Waals surface area contributed by atoms with Crippen molar-refractivity contribution in [2.75, 3.05) is 4.72 Å². The summed E-state index contributed by atoms with van der Waals surface area (Å²) in [5.74, 6) is 0.726. The van der Waals surface area contributed by atoms with Crippen molar-refractivity contribution in [3.8, 4) is 10.8 Å². The number of benzene rings is 1. The molecule has 1 aromatic carbocycles. The SMILES string of the molecule is Cc1nnc(-c2ccc(S(=O)(=O)Nc3ccc(Cl)cc3C)s2)o1. The van der Waals surface area contributed by atoms with Crippen molar-refractivity contribution in [2.45, 2.75) is 18.1 Å². The van der Waals surface area contributed by atoms with Gasteiger partial charge in [-0.25, -0.2) is 8.42 Å². The van der Waals surface area contributed by atoms with Gasteiger partial charge in [0.25, 0.3) is 15.9 Å². The van der Waals surface area contributed by atoms with Gasteiger partial charge in [0.2, 0.25) is 5.89 Å². The van der Waals surface area contributed by atoms with Gasteiger partial charge >= 0.3 is 0 Å². The Morgan fingerprint density at radius 3 is 2.61 bits per heavy atom. The standard InChI is InChI=1S/C14H12ClN3O3S2/c1-8-7-10(15)3-4-11(8)18-23(19,20)13-6-5-12(22-13)14-17-16-9(2)21-14/h3-7,18H,1-2H3. The van der Waals surface area contributed by atoms with E-state index in [-0.39, 0.29) is 4.21 Å². The highest BCUT2D eigenvalue weighted by Crippen LogP contribution is 2.31. The quantitative estimate of drug-likeness (QED) is 0.754. The number of halogens is 1. The summed E-state index contributed by atoms with van der Waals surface area (Å²) in [6.07, 6.45) is 0. The molecule has 120 valence electrons. The van der Waals surface area contributed by atoms with E-state index in [1.54, 1.807) is 38.1 Å². The lowest BCUT2D eigenvalue weighted by atomic mass is 10.2. The van der Waals surface area contributed by atoms with Gasteiger partial charge < -0.3 is 4.42 Å². The van der Waals surface area contributed by atoms with E-state index >= 15 is 0 Å². The molecule has 0 saturated carbocycles. The number of aryl methyl sites for hydroxylation is 2. The van der Waals surface area contributed by atoms with Crippen LogP contribution in [0.25, 0.3) is 10.8 Å². The smallest absolute Gasteiger partial charge is 0.271 e. The number of nitrogens with zero attached hydrogens (tertiary/aromatic N) is 2. The van der Waals surface area contributed by atoms with E-state index in [2.05, 4.69) is 14.9 Å². The first-order valence-corrected chi connectivity index (χ1v) is 9.22. The number of nitrogens with one attached hydrogen (secondary N) is 1. The zero-order valence-corrected chi connectivity index (χ0v) is 14.6. The molecule has 2 aromatic heterocycles. The van der Waals surface area contributed by atoms with Crippen LogP contribution in [0.4, 0.5) is 5.69 Å². The lowest BCUT2D eigenvalue weighted by Gasteiger charge is -2.09. The van der Waals surface area contributed by atoms with Crippen LogP contribution in [0.3, 0.4) is 0 Å². The van der Waals surface area contributed by atoms with E-state index in [0.717, 1.165) is 16.9 Å². The van der Waals surface area contributed by atoms with Crippen molar-refractivity contribution in [3.63, 3.8) is 0 Å². The summed E-state index contributed by atoms with van der Waals surface area (Å²) in [5.41, 5.74) is 1.23. The molecule has 0 unspecified atom stereocenters. The summed E-state index contributed by atoms with van der Waals surface area (Å²) >= 11 is 6.94. The Kier molecular flexibility index (Phi) is 4.13. The molecule has 0 saturated heterocycles. The fraction of sp³-hybridized carbons (Fsp3) is 0.143. The summed E-state index contributed by atoms with van der Waals surface area (Å²) in [7, 11) is -3.69. The normalized spacial score (nSPS) is 11.6. The highest BCUT2D eigenvalue weighted by molar-refractivity contribution is 7.94. The fourth-order valence-corrected chi connectivity index (χ4v) is 4.50. The van der Waals surface area contributed by atoms with Crippen molar-refractivity contribution in [3.05, 3.63) is 46.8 Å². The van der Waals surface area contributed by atoms with Crippen molar-refractivity contribution >= 4 is 38.6 Å². The Labute approximate surface area is 142 Å². The van der Waals surface area contributed by atoms with Gasteiger partial charge in [-0.2, -0.15) is 0 Å². The summed E-state index contributed by atoms with van der Waals surface area (Å²) in [6, 6.07) is 8.10. The summed E-state index contributed by atoms with van der Waals surface area (Å²) in [5, 5.41) is 8.17. The third kappa shape index (κ3) is 3.39. The second-order valence-electron chi connectivity index (χ2n) is 4.81. The summed E-state index contributed by atoms with van der Waals surface area (Å²) in [4.78, 5) is 0.596. The first-order chi connectivity index (χ1) is 10.8. The molecule has 0 radical (unpaired) electrons. The van der Waals surface area contributed by atoms with E-state index in [4.69, 9.17) is 16.0 Å². The van der Waals surface area contributed by atoms with Crippen LogP contribution < -0.4 is 4.72 Å². The van der Waals surface area contributed by atoms with Gasteiger partial charge in [0, 0.05) is 11.9 Å². The summed E-state index contributed by atoms with van der Waals surface area (Å²) in [6.45, 7) is 3.46. The van der Waals surface area contributed by atoms with Gasteiger partial charge in [-0.05, 0) is 42.8 Å². The Balaban J connectivity index is 1.89. The Morgan fingerprint density at radius 2 is 1.96 bits per heavy atom. The van der Waals surface area contributed by atoms with E-state index in [0.29, 0.717) is 27.4 Å². The Morgan fingerprint density at radius 1 is 1.17 bits per heavy atom. The van der Waals surface area contributed by atoms with Gasteiger partial charge in [0.05, 0.1) is 10.6 Å². The third-order valence-electron chi connectivity index (χ3n) is 3.02. The lowest BCUT2D eigenvalue weighted by Crippen LogP contribution is -2.12. The molecule has 1 N–H and O–H groups in total. The number of hydrogen-bond acceptors (Lipinski definition) is 6. The van der Waals surface area contributed by atoms with Crippen LogP contribution in [-0.4, -0.2) is 18.6 Å². The van der Waals surface area contributed by atoms with E-state index in [1.165, 1.54) is 6.07 Å².